The van der Waals surface area contributed by atoms with Crippen LogP contribution >= 0.6 is 0 Å². The van der Waals surface area contributed by atoms with E-state index in [9.17, 15) is 0 Å². The first-order valence-corrected chi connectivity index (χ1v) is 6.39. The number of anilines is 1. The zero-order chi connectivity index (χ0) is 11.4. The molecule has 1 aliphatic rings. The molecule has 1 fully saturated rings. The van der Waals surface area contributed by atoms with Crippen molar-refractivity contribution in [3.63, 3.8) is 0 Å². The molecule has 2 heteroatoms. The number of benzene rings is 1. The van der Waals surface area contributed by atoms with Gasteiger partial charge < -0.3 is 10.6 Å². The second kappa shape index (κ2) is 5.35. The topological polar surface area (TPSA) is 29.3 Å². The van der Waals surface area contributed by atoms with Crippen LogP contribution in [-0.4, -0.2) is 19.1 Å². The zero-order valence-electron chi connectivity index (χ0n) is 10.2. The molecule has 2 rings (SSSR count). The third kappa shape index (κ3) is 2.56. The summed E-state index contributed by atoms with van der Waals surface area (Å²) in [5.41, 5.74) is 8.88. The monoisotopic (exact) mass is 218 g/mol. The van der Waals surface area contributed by atoms with Crippen LogP contribution < -0.4 is 10.6 Å². The fourth-order valence-corrected chi connectivity index (χ4v) is 2.38. The van der Waals surface area contributed by atoms with Gasteiger partial charge >= 0.3 is 0 Å². The molecule has 16 heavy (non-hydrogen) atoms. The van der Waals surface area contributed by atoms with Crippen molar-refractivity contribution in [2.24, 2.45) is 5.73 Å². The van der Waals surface area contributed by atoms with Crippen molar-refractivity contribution >= 4 is 5.69 Å². The van der Waals surface area contributed by atoms with Gasteiger partial charge in [-0.05, 0) is 37.3 Å². The standard InChI is InChI=1S/C14H22N2/c1-2-13(15)11-12-7-3-4-8-14(12)16-9-5-6-10-16/h3-4,7-8,13H,2,5-6,9-11,15H2,1H3. The SMILES string of the molecule is CCC(N)Cc1ccccc1N1CCCC1. The molecule has 1 aromatic rings. The lowest BCUT2D eigenvalue weighted by Gasteiger charge is -2.22. The van der Waals surface area contributed by atoms with Crippen LogP contribution in [0.15, 0.2) is 24.3 Å². The number of nitrogens with two attached hydrogens (primary N) is 1. The molecule has 0 radical (unpaired) electrons. The molecule has 1 aromatic carbocycles. The van der Waals surface area contributed by atoms with E-state index in [1.807, 2.05) is 0 Å². The molecule has 1 unspecified atom stereocenters. The van der Waals surface area contributed by atoms with Crippen LogP contribution in [0.1, 0.15) is 31.7 Å². The molecule has 0 aromatic heterocycles. The van der Waals surface area contributed by atoms with E-state index in [1.165, 1.54) is 37.2 Å². The molecule has 2 N–H and O–H groups in total. The molecule has 0 saturated carbocycles. The Morgan fingerprint density at radius 3 is 2.62 bits per heavy atom. The third-order valence-corrected chi connectivity index (χ3v) is 3.44. The van der Waals surface area contributed by atoms with Gasteiger partial charge in [0.15, 0.2) is 0 Å². The Morgan fingerprint density at radius 2 is 1.94 bits per heavy atom. The van der Waals surface area contributed by atoms with Gasteiger partial charge in [0.25, 0.3) is 0 Å². The quantitative estimate of drug-likeness (QED) is 0.841. The van der Waals surface area contributed by atoms with Crippen molar-refractivity contribution in [2.45, 2.75) is 38.6 Å². The van der Waals surface area contributed by atoms with E-state index in [1.54, 1.807) is 0 Å². The minimum atomic E-state index is 0.295. The Kier molecular flexibility index (Phi) is 3.83. The van der Waals surface area contributed by atoms with Crippen molar-refractivity contribution in [2.75, 3.05) is 18.0 Å². The highest BCUT2D eigenvalue weighted by atomic mass is 15.1. The van der Waals surface area contributed by atoms with E-state index >= 15 is 0 Å². The van der Waals surface area contributed by atoms with Gasteiger partial charge in [0.1, 0.15) is 0 Å². The Labute approximate surface area is 98.4 Å². The number of para-hydroxylation sites is 1. The van der Waals surface area contributed by atoms with Crippen LogP contribution in [-0.2, 0) is 6.42 Å². The van der Waals surface area contributed by atoms with Gasteiger partial charge in [-0.3, -0.25) is 0 Å². The largest absolute Gasteiger partial charge is 0.371 e. The first-order chi connectivity index (χ1) is 7.81. The maximum absolute atomic E-state index is 6.05. The summed E-state index contributed by atoms with van der Waals surface area (Å²) in [6, 6.07) is 9.02. The van der Waals surface area contributed by atoms with Crippen molar-refractivity contribution in [1.29, 1.82) is 0 Å². The fraction of sp³-hybridized carbons (Fsp3) is 0.571. The average Bonchev–Trinajstić information content (AvgIpc) is 2.83. The highest BCUT2D eigenvalue weighted by molar-refractivity contribution is 5.54. The predicted molar refractivity (Wildman–Crippen MR) is 69.9 cm³/mol. The first kappa shape index (κ1) is 11.5. The van der Waals surface area contributed by atoms with Crippen LogP contribution in [0.3, 0.4) is 0 Å². The summed E-state index contributed by atoms with van der Waals surface area (Å²) in [5.74, 6) is 0. The Morgan fingerprint density at radius 1 is 1.25 bits per heavy atom. The summed E-state index contributed by atoms with van der Waals surface area (Å²) in [5, 5.41) is 0. The molecule has 1 saturated heterocycles. The van der Waals surface area contributed by atoms with Crippen molar-refractivity contribution in [3.8, 4) is 0 Å². The lowest BCUT2D eigenvalue weighted by atomic mass is 10.0. The summed E-state index contributed by atoms with van der Waals surface area (Å²) in [4.78, 5) is 2.50. The molecule has 1 heterocycles. The van der Waals surface area contributed by atoms with Crippen molar-refractivity contribution in [1.82, 2.24) is 0 Å². The number of hydrogen-bond acceptors (Lipinski definition) is 2. The van der Waals surface area contributed by atoms with Gasteiger partial charge in [0.05, 0.1) is 0 Å². The van der Waals surface area contributed by atoms with E-state index in [4.69, 9.17) is 5.73 Å². The minimum Gasteiger partial charge on any atom is -0.371 e. The molecule has 2 nitrogen and oxygen atoms in total. The van der Waals surface area contributed by atoms with Gasteiger partial charge in [-0.15, -0.1) is 0 Å². The van der Waals surface area contributed by atoms with E-state index in [2.05, 4.69) is 36.1 Å². The molecular weight excluding hydrogens is 196 g/mol. The summed E-state index contributed by atoms with van der Waals surface area (Å²) in [7, 11) is 0. The third-order valence-electron chi connectivity index (χ3n) is 3.44. The van der Waals surface area contributed by atoms with Gasteiger partial charge in [0, 0.05) is 24.8 Å². The Hall–Kier alpha value is -1.02. The number of rotatable bonds is 4. The molecule has 0 spiro atoms. The van der Waals surface area contributed by atoms with Crippen molar-refractivity contribution < 1.29 is 0 Å². The van der Waals surface area contributed by atoms with Gasteiger partial charge in [-0.25, -0.2) is 0 Å². The second-order valence-electron chi connectivity index (χ2n) is 4.70. The van der Waals surface area contributed by atoms with Gasteiger partial charge in [0.2, 0.25) is 0 Å². The molecule has 1 aliphatic heterocycles. The summed E-state index contributed by atoms with van der Waals surface area (Å²) in [6.45, 7) is 4.57. The van der Waals surface area contributed by atoms with Crippen LogP contribution in [0.25, 0.3) is 0 Å². The molecule has 0 aliphatic carbocycles. The number of hydrogen-bond donors (Lipinski definition) is 1. The van der Waals surface area contributed by atoms with Crippen LogP contribution in [0.4, 0.5) is 5.69 Å². The molecule has 1 atom stereocenters. The maximum atomic E-state index is 6.05. The lowest BCUT2D eigenvalue weighted by molar-refractivity contribution is 0.645. The van der Waals surface area contributed by atoms with E-state index in [-0.39, 0.29) is 0 Å². The normalized spacial score (nSPS) is 17.8. The summed E-state index contributed by atoms with van der Waals surface area (Å²) < 4.78 is 0. The first-order valence-electron chi connectivity index (χ1n) is 6.39. The number of nitrogens with zero attached hydrogens (tertiary/aromatic N) is 1. The molecule has 0 amide bonds. The summed E-state index contributed by atoms with van der Waals surface area (Å²) >= 11 is 0. The smallest absolute Gasteiger partial charge is 0.0399 e. The van der Waals surface area contributed by atoms with Crippen LogP contribution in [0, 0.1) is 0 Å². The Balaban J connectivity index is 2.16. The minimum absolute atomic E-state index is 0.295. The van der Waals surface area contributed by atoms with Crippen LogP contribution in [0.2, 0.25) is 0 Å². The molecule has 88 valence electrons. The van der Waals surface area contributed by atoms with E-state index < -0.39 is 0 Å². The van der Waals surface area contributed by atoms with E-state index in [0.717, 1.165) is 12.8 Å². The highest BCUT2D eigenvalue weighted by Gasteiger charge is 2.15. The van der Waals surface area contributed by atoms with Gasteiger partial charge in [-0.2, -0.15) is 0 Å². The predicted octanol–water partition coefficient (Wildman–Crippen LogP) is 2.57. The Bertz CT molecular complexity index is 329. The van der Waals surface area contributed by atoms with Crippen molar-refractivity contribution in [3.05, 3.63) is 29.8 Å². The highest BCUT2D eigenvalue weighted by Crippen LogP contribution is 2.25. The maximum Gasteiger partial charge on any atom is 0.0399 e. The lowest BCUT2D eigenvalue weighted by Crippen LogP contribution is -2.24. The zero-order valence-corrected chi connectivity index (χ0v) is 10.2. The van der Waals surface area contributed by atoms with Crippen LogP contribution in [0.5, 0.6) is 0 Å². The molecular formula is C14H22N2. The summed E-state index contributed by atoms with van der Waals surface area (Å²) in [6.07, 6.45) is 4.71. The molecule has 0 bridgehead atoms. The van der Waals surface area contributed by atoms with E-state index in [0.29, 0.717) is 6.04 Å². The fourth-order valence-electron chi connectivity index (χ4n) is 2.38. The average molecular weight is 218 g/mol. The second-order valence-corrected chi connectivity index (χ2v) is 4.70. The van der Waals surface area contributed by atoms with Gasteiger partial charge in [-0.1, -0.05) is 25.1 Å².